The molecule has 0 aliphatic carbocycles. The van der Waals surface area contributed by atoms with Crippen LogP contribution in [0.2, 0.25) is 5.02 Å². The lowest BCUT2D eigenvalue weighted by Crippen LogP contribution is -2.46. The molecular formula is C49H48ClF12N5O10S2. The van der Waals surface area contributed by atoms with Crippen LogP contribution in [0.1, 0.15) is 22.3 Å². The van der Waals surface area contributed by atoms with Gasteiger partial charge >= 0.3 is 42.8 Å². The molecule has 6 rings (SSSR count). The van der Waals surface area contributed by atoms with E-state index in [0.29, 0.717) is 23.7 Å². The Balaban J connectivity index is 0.000000658. The molecule has 1 heterocycles. The Bertz CT molecular complexity index is 2840. The van der Waals surface area contributed by atoms with Crippen molar-refractivity contribution in [2.45, 2.75) is 53.7 Å². The van der Waals surface area contributed by atoms with Gasteiger partial charge in [-0.05, 0) is 104 Å². The van der Waals surface area contributed by atoms with E-state index in [9.17, 15) is 65.9 Å². The van der Waals surface area contributed by atoms with Crippen LogP contribution in [0.25, 0.3) is 11.1 Å². The summed E-state index contributed by atoms with van der Waals surface area (Å²) < 4.78 is 169. The number of thioether (sulfide) groups is 1. The van der Waals surface area contributed by atoms with Gasteiger partial charge in [-0.3, -0.25) is 9.69 Å². The highest BCUT2D eigenvalue weighted by Crippen LogP contribution is 2.35. The molecule has 15 nitrogen and oxygen atoms in total. The molecule has 1 atom stereocenters. The van der Waals surface area contributed by atoms with Crippen LogP contribution in [0.4, 0.5) is 64.1 Å². The first-order chi connectivity index (χ1) is 36.5. The van der Waals surface area contributed by atoms with Gasteiger partial charge < -0.3 is 35.2 Å². The summed E-state index contributed by atoms with van der Waals surface area (Å²) >= 11 is 7.65. The topological polar surface area (TPSA) is 206 Å². The molecule has 5 N–H and O–H groups in total. The third kappa shape index (κ3) is 23.9. The number of amides is 1. The van der Waals surface area contributed by atoms with Crippen LogP contribution in [0.5, 0.6) is 5.75 Å². The molecule has 0 saturated carbocycles. The number of rotatable bonds is 16. The van der Waals surface area contributed by atoms with Gasteiger partial charge in [0.2, 0.25) is 0 Å². The molecule has 1 saturated heterocycles. The number of sulfonamides is 1. The Hall–Kier alpha value is -6.95. The maximum Gasteiger partial charge on any atom is 0.573 e. The van der Waals surface area contributed by atoms with Crippen LogP contribution >= 0.6 is 23.4 Å². The fourth-order valence-electron chi connectivity index (χ4n) is 6.58. The molecule has 1 aliphatic rings. The molecule has 1 fully saturated rings. The number of anilines is 2. The number of nitrogens with one attached hydrogen (secondary N) is 2. The number of benzene rings is 5. The smallest absolute Gasteiger partial charge is 0.475 e. The first-order valence-electron chi connectivity index (χ1n) is 22.4. The maximum atomic E-state index is 13.6. The Labute approximate surface area is 452 Å². The minimum Gasteiger partial charge on any atom is -0.475 e. The molecule has 0 radical (unpaired) electrons. The van der Waals surface area contributed by atoms with Gasteiger partial charge in [0.15, 0.2) is 5.75 Å². The predicted molar refractivity (Wildman–Crippen MR) is 267 cm³/mol. The van der Waals surface area contributed by atoms with Crippen molar-refractivity contribution >= 4 is 68.6 Å². The molecular weight excluding hydrogens is 1150 g/mol. The molecule has 432 valence electrons. The third-order valence-corrected chi connectivity index (χ3v) is 13.1. The van der Waals surface area contributed by atoms with E-state index in [4.69, 9.17) is 41.3 Å². The van der Waals surface area contributed by atoms with E-state index in [-0.39, 0.29) is 17.3 Å². The van der Waals surface area contributed by atoms with Crippen LogP contribution in [0.15, 0.2) is 131 Å². The third-order valence-electron chi connectivity index (χ3n) is 10.4. The zero-order chi connectivity index (χ0) is 59.5. The first-order valence-corrected chi connectivity index (χ1v) is 25.3. The van der Waals surface area contributed by atoms with Crippen molar-refractivity contribution in [3.63, 3.8) is 0 Å². The fourth-order valence-corrected chi connectivity index (χ4v) is 8.69. The van der Waals surface area contributed by atoms with Gasteiger partial charge in [0, 0.05) is 71.8 Å². The summed E-state index contributed by atoms with van der Waals surface area (Å²) in [5, 5.41) is 25.2. The Morgan fingerprint density at radius 1 is 0.696 bits per heavy atom. The number of alkyl halides is 12. The number of hydrogen-bond acceptors (Lipinski definition) is 12. The zero-order valence-electron chi connectivity index (χ0n) is 41.1. The molecule has 0 unspecified atom stereocenters. The lowest BCUT2D eigenvalue weighted by atomic mass is 9.99. The molecule has 79 heavy (non-hydrogen) atoms. The van der Waals surface area contributed by atoms with Crippen molar-refractivity contribution in [3.8, 4) is 16.9 Å². The van der Waals surface area contributed by atoms with E-state index in [2.05, 4.69) is 32.0 Å². The van der Waals surface area contributed by atoms with E-state index < -0.39 is 69.4 Å². The summed E-state index contributed by atoms with van der Waals surface area (Å²) in [4.78, 5) is 46.9. The number of carbonyl (C=O) groups is 4. The van der Waals surface area contributed by atoms with Crippen molar-refractivity contribution in [1.29, 1.82) is 0 Å². The number of halogens is 13. The van der Waals surface area contributed by atoms with Crippen LogP contribution < -0.4 is 19.7 Å². The van der Waals surface area contributed by atoms with Crippen molar-refractivity contribution in [1.82, 2.24) is 14.5 Å². The van der Waals surface area contributed by atoms with Crippen molar-refractivity contribution in [2.24, 2.45) is 0 Å². The number of aliphatic carboxylic acids is 3. The second kappa shape index (κ2) is 29.3. The van der Waals surface area contributed by atoms with Crippen LogP contribution in [0.3, 0.4) is 0 Å². The van der Waals surface area contributed by atoms with E-state index in [1.54, 1.807) is 23.9 Å². The second-order valence-corrected chi connectivity index (χ2v) is 19.8. The quantitative estimate of drug-likeness (QED) is 0.0460. The van der Waals surface area contributed by atoms with Gasteiger partial charge in [0.25, 0.3) is 15.9 Å². The average molecular weight is 1190 g/mol. The van der Waals surface area contributed by atoms with Gasteiger partial charge in [-0.15, -0.1) is 24.9 Å². The van der Waals surface area contributed by atoms with Crippen LogP contribution in [-0.2, 0) is 31.0 Å². The SMILES string of the molecule is CN(C)CC[C@H](CSc1ccccc1)Nc1ccc(S(=O)(=O)NC(=O)c2ccc(N3CCN(Cc4ccccc4-c4ccc(Cl)cc4)CC3)cc2)cc1OC(F)(F)F.O=C(O)C(F)(F)F.O=C(O)C(F)(F)F.O=C(O)C(F)(F)F. The first kappa shape index (κ1) is 66.3. The van der Waals surface area contributed by atoms with Crippen molar-refractivity contribution in [2.75, 3.05) is 62.8 Å². The average Bonchev–Trinajstić information content (AvgIpc) is 3.35. The van der Waals surface area contributed by atoms with Crippen LogP contribution in [0, 0.1) is 0 Å². The highest BCUT2D eigenvalue weighted by atomic mass is 35.5. The number of nitrogens with zero attached hydrogens (tertiary/aromatic N) is 3. The molecule has 1 aliphatic heterocycles. The molecule has 0 aromatic heterocycles. The van der Waals surface area contributed by atoms with Gasteiger partial charge in [-0.25, -0.2) is 27.5 Å². The number of hydrogen-bond donors (Lipinski definition) is 5. The molecule has 1 amide bonds. The van der Waals surface area contributed by atoms with Gasteiger partial charge in [0.05, 0.1) is 10.6 Å². The molecule has 30 heteroatoms. The van der Waals surface area contributed by atoms with E-state index in [1.165, 1.54) is 23.8 Å². The standard InChI is InChI=1S/C43H45ClF3N5O4S2.3C2HF3O2/c1-50(2)23-22-35(30-57-37-9-4-3-5-10-37)48-40-21-20-38(28-41(40)56-43(45,46)47)58(54,55)49-42(53)32-14-18-36(19-15-32)52-26-24-51(25-27-52)29-33-8-6-7-11-39(33)31-12-16-34(44)17-13-31;3*3-2(4,5)1(6)7/h3-21,28,35,48H,22-27,29-30H2,1-2H3,(H,49,53);3*(H,6,7)/t35-;;;/m1.../s1. The van der Waals surface area contributed by atoms with E-state index in [1.807, 2.05) is 90.4 Å². The second-order valence-electron chi connectivity index (χ2n) is 16.6. The van der Waals surface area contributed by atoms with Crippen molar-refractivity contribution in [3.05, 3.63) is 137 Å². The van der Waals surface area contributed by atoms with E-state index in [0.717, 1.165) is 66.6 Å². The number of carboxylic acid groups (broad SMARTS) is 3. The number of ether oxygens (including phenoxy) is 1. The monoisotopic (exact) mass is 1190 g/mol. The van der Waals surface area contributed by atoms with Crippen molar-refractivity contribution < 1.29 is 100 Å². The normalized spacial score (nSPS) is 13.5. The van der Waals surface area contributed by atoms with Gasteiger partial charge in [-0.1, -0.05) is 66.2 Å². The number of piperazine rings is 1. The zero-order valence-corrected chi connectivity index (χ0v) is 43.4. The molecule has 5 aromatic carbocycles. The van der Waals surface area contributed by atoms with Crippen LogP contribution in [-0.4, -0.2) is 141 Å². The largest absolute Gasteiger partial charge is 0.573 e. The minimum atomic E-state index is -5.10. The molecule has 0 bridgehead atoms. The number of carbonyl (C=O) groups excluding carboxylic acids is 1. The summed E-state index contributed by atoms with van der Waals surface area (Å²) in [5.74, 6) is -9.39. The summed E-state index contributed by atoms with van der Waals surface area (Å²) in [5.41, 5.74) is 4.42. The molecule has 5 aromatic rings. The summed E-state index contributed by atoms with van der Waals surface area (Å²) in [7, 11) is -0.794. The van der Waals surface area contributed by atoms with E-state index >= 15 is 0 Å². The maximum absolute atomic E-state index is 13.6. The highest BCUT2D eigenvalue weighted by Gasteiger charge is 2.40. The lowest BCUT2D eigenvalue weighted by Gasteiger charge is -2.36. The Morgan fingerprint density at radius 2 is 1.20 bits per heavy atom. The Kier molecular flexibility index (Phi) is 24.6. The van der Waals surface area contributed by atoms with Gasteiger partial charge in [0.1, 0.15) is 0 Å². The lowest BCUT2D eigenvalue weighted by molar-refractivity contribution is -0.274. The summed E-state index contributed by atoms with van der Waals surface area (Å²) in [6, 6.07) is 35.2. The highest BCUT2D eigenvalue weighted by molar-refractivity contribution is 7.99. The minimum absolute atomic E-state index is 0.0285. The predicted octanol–water partition coefficient (Wildman–Crippen LogP) is 10.8. The Morgan fingerprint density at radius 3 is 1.70 bits per heavy atom. The summed E-state index contributed by atoms with van der Waals surface area (Å²) in [6.45, 7) is 4.56. The summed E-state index contributed by atoms with van der Waals surface area (Å²) in [6.07, 6.45) is -19.8. The molecule has 0 spiro atoms. The van der Waals surface area contributed by atoms with Gasteiger partial charge in [-0.2, -0.15) is 39.5 Å². The number of carboxylic acids is 3. The fraction of sp³-hybridized carbons (Fsp3) is 0.306.